The smallest absolute Gasteiger partial charge is 0.338 e. The fourth-order valence-electron chi connectivity index (χ4n) is 1.93. The molecule has 12 heteroatoms. The molecule has 0 bridgehead atoms. The van der Waals surface area contributed by atoms with Crippen molar-refractivity contribution in [3.8, 4) is 11.5 Å². The molecule has 0 amide bonds. The third-order valence-electron chi connectivity index (χ3n) is 3.07. The largest absolute Gasteiger partial charge is 0.506 e. The van der Waals surface area contributed by atoms with Gasteiger partial charge in [-0.2, -0.15) is 8.42 Å². The predicted molar refractivity (Wildman–Crippen MR) is 131 cm³/mol. The number of benzene rings is 2. The number of hydrogen-bond acceptors (Lipinski definition) is 6. The van der Waals surface area contributed by atoms with Gasteiger partial charge in [-0.3, -0.25) is 4.55 Å². The van der Waals surface area contributed by atoms with Crippen LogP contribution in [0.2, 0.25) is 0 Å². The molecular weight excluding hydrogens is 832 g/mol. The lowest BCUT2D eigenvalue weighted by Crippen LogP contribution is -2.13. The molecule has 0 spiro atoms. The van der Waals surface area contributed by atoms with Gasteiger partial charge in [0.05, 0.1) is 12.7 Å². The van der Waals surface area contributed by atoms with Crippen molar-refractivity contribution in [1.29, 1.82) is 0 Å². The van der Waals surface area contributed by atoms with Gasteiger partial charge in [-0.05, 0) is 115 Å². The minimum Gasteiger partial charge on any atom is -0.506 e. The molecule has 2 aromatic carbocycles. The summed E-state index contributed by atoms with van der Waals surface area (Å²) < 4.78 is 44.3. The van der Waals surface area contributed by atoms with Crippen molar-refractivity contribution < 1.29 is 32.3 Å². The third kappa shape index (κ3) is 6.41. The summed E-state index contributed by atoms with van der Waals surface area (Å²) in [5.74, 6) is -0.0325. The molecule has 0 unspecified atom stereocenters. The van der Waals surface area contributed by atoms with Crippen LogP contribution < -0.4 is 4.74 Å². The van der Waals surface area contributed by atoms with E-state index in [1.165, 1.54) is 24.3 Å². The quantitative estimate of drug-likeness (QED) is 0.194. The van der Waals surface area contributed by atoms with E-state index in [4.69, 9.17) is 9.47 Å². The number of hydrogen-bond donors (Lipinski definition) is 2. The van der Waals surface area contributed by atoms with E-state index in [1.54, 1.807) is 45.2 Å². The summed E-state index contributed by atoms with van der Waals surface area (Å²) in [4.78, 5) is 11.9. The van der Waals surface area contributed by atoms with Gasteiger partial charge in [0.15, 0.2) is 0 Å². The number of rotatable bonds is 6. The highest BCUT2D eigenvalue weighted by atomic mass is 127. The number of aromatic hydroxyl groups is 1. The molecule has 0 heterocycles. The monoisotopic (exact) mass is 842 g/mol. The van der Waals surface area contributed by atoms with Crippen LogP contribution >= 0.6 is 90.4 Å². The van der Waals surface area contributed by atoms with Crippen LogP contribution in [0.15, 0.2) is 29.2 Å². The number of phenols is 1. The first-order valence-electron chi connectivity index (χ1n) is 6.95. The summed E-state index contributed by atoms with van der Waals surface area (Å²) in [5.41, 5.74) is 0.322. The Kier molecular flexibility index (Phi) is 8.66. The fraction of sp³-hybridized carbons (Fsp3) is 0.133. The molecule has 0 saturated carbocycles. The first-order valence-corrected chi connectivity index (χ1v) is 12.7. The zero-order chi connectivity index (χ0) is 20.4. The highest BCUT2D eigenvalue weighted by Crippen LogP contribution is 2.29. The summed E-state index contributed by atoms with van der Waals surface area (Å²) >= 11 is 7.44. The van der Waals surface area contributed by atoms with E-state index in [0.29, 0.717) is 25.6 Å². The van der Waals surface area contributed by atoms with Gasteiger partial charge < -0.3 is 14.6 Å². The Morgan fingerprint density at radius 1 is 0.926 bits per heavy atom. The van der Waals surface area contributed by atoms with Crippen LogP contribution in [0.3, 0.4) is 0 Å². The van der Waals surface area contributed by atoms with Gasteiger partial charge >= 0.3 is 5.97 Å². The lowest BCUT2D eigenvalue weighted by atomic mass is 10.2. The standard InChI is InChI=1S/C15H10I4O7S/c16-9-3-7(4-10(17)13(9)20)15(21)26-2-1-25-8-5-11(18)14(12(19)6-8)27(22,23)24/h3-6,20H,1-2H2,(H,22,23,24). The Bertz CT molecular complexity index is 946. The SMILES string of the molecule is O=C(OCCOc1cc(I)c(S(=O)(=O)O)c(I)c1)c1cc(I)c(O)c(I)c1. The second kappa shape index (κ2) is 9.90. The van der Waals surface area contributed by atoms with Crippen molar-refractivity contribution in [1.82, 2.24) is 0 Å². The number of halogens is 4. The number of phenolic OH excluding ortho intramolecular Hbond substituents is 1. The first kappa shape index (κ1) is 23.6. The Hall–Kier alpha value is 0.340. The molecule has 2 rings (SSSR count). The molecule has 2 aromatic rings. The van der Waals surface area contributed by atoms with Crippen LogP contribution in [0.25, 0.3) is 0 Å². The highest BCUT2D eigenvalue weighted by molar-refractivity contribution is 14.1. The molecule has 0 fully saturated rings. The number of carbonyl (C=O) groups excluding carboxylic acids is 1. The summed E-state index contributed by atoms with van der Waals surface area (Å²) in [7, 11) is -4.32. The van der Waals surface area contributed by atoms with Crippen LogP contribution in [0.5, 0.6) is 11.5 Å². The molecule has 0 radical (unpaired) electrons. The summed E-state index contributed by atoms with van der Waals surface area (Å²) in [6.45, 7) is 0.0511. The normalized spacial score (nSPS) is 11.3. The fourth-order valence-corrected chi connectivity index (χ4v) is 7.69. The van der Waals surface area contributed by atoms with E-state index in [0.717, 1.165) is 0 Å². The second-order valence-corrected chi connectivity index (χ2v) is 11.0. The summed E-state index contributed by atoms with van der Waals surface area (Å²) in [6.07, 6.45) is 0. The topological polar surface area (TPSA) is 110 Å². The first-order chi connectivity index (χ1) is 12.5. The number of carbonyl (C=O) groups is 1. The average molecular weight is 842 g/mol. The molecule has 0 aliphatic heterocycles. The molecule has 27 heavy (non-hydrogen) atoms. The minimum absolute atomic E-state index is 0.0138. The van der Waals surface area contributed by atoms with E-state index in [9.17, 15) is 22.9 Å². The minimum atomic E-state index is -4.32. The van der Waals surface area contributed by atoms with Gasteiger partial charge in [0.2, 0.25) is 0 Å². The average Bonchev–Trinajstić information content (AvgIpc) is 2.54. The number of ether oxygens (including phenoxy) is 2. The van der Waals surface area contributed by atoms with E-state index >= 15 is 0 Å². The lowest BCUT2D eigenvalue weighted by Gasteiger charge is -2.11. The van der Waals surface area contributed by atoms with Crippen LogP contribution in [-0.2, 0) is 14.9 Å². The predicted octanol–water partition coefficient (Wildman–Crippen LogP) is 4.29. The maximum absolute atomic E-state index is 12.1. The van der Waals surface area contributed by atoms with Crippen molar-refractivity contribution in [2.45, 2.75) is 4.90 Å². The van der Waals surface area contributed by atoms with Crippen molar-refractivity contribution in [2.75, 3.05) is 13.2 Å². The van der Waals surface area contributed by atoms with Gasteiger partial charge in [0.1, 0.15) is 29.6 Å². The van der Waals surface area contributed by atoms with Crippen molar-refractivity contribution in [3.63, 3.8) is 0 Å². The summed E-state index contributed by atoms with van der Waals surface area (Å²) in [5, 5.41) is 9.73. The van der Waals surface area contributed by atoms with Gasteiger partial charge in [-0.1, -0.05) is 0 Å². The van der Waals surface area contributed by atoms with Crippen LogP contribution in [0, 0.1) is 14.3 Å². The molecule has 0 aromatic heterocycles. The molecule has 0 aliphatic rings. The Morgan fingerprint density at radius 3 is 1.93 bits per heavy atom. The molecule has 146 valence electrons. The Labute approximate surface area is 209 Å². The molecule has 0 atom stereocenters. The maximum atomic E-state index is 12.1. The van der Waals surface area contributed by atoms with E-state index < -0.39 is 16.1 Å². The summed E-state index contributed by atoms with van der Waals surface area (Å²) in [6, 6.07) is 6.00. The van der Waals surface area contributed by atoms with Crippen molar-refractivity contribution in [2.24, 2.45) is 0 Å². The zero-order valence-electron chi connectivity index (χ0n) is 13.1. The lowest BCUT2D eigenvalue weighted by molar-refractivity contribution is 0.0450. The van der Waals surface area contributed by atoms with E-state index in [2.05, 4.69) is 0 Å². The van der Waals surface area contributed by atoms with E-state index in [1.807, 2.05) is 45.2 Å². The van der Waals surface area contributed by atoms with Crippen molar-refractivity contribution >= 4 is 106 Å². The zero-order valence-corrected chi connectivity index (χ0v) is 22.5. The molecule has 0 saturated heterocycles. The highest BCUT2D eigenvalue weighted by Gasteiger charge is 2.19. The van der Waals surface area contributed by atoms with Gasteiger partial charge in [0.25, 0.3) is 10.1 Å². The molecule has 0 aliphatic carbocycles. The van der Waals surface area contributed by atoms with Gasteiger partial charge in [-0.25, -0.2) is 4.79 Å². The molecular formula is C15H10I4O7S. The Balaban J connectivity index is 1.97. The Morgan fingerprint density at radius 2 is 1.44 bits per heavy atom. The van der Waals surface area contributed by atoms with Gasteiger partial charge in [0, 0.05) is 7.14 Å². The second-order valence-electron chi connectivity index (χ2n) is 4.96. The van der Waals surface area contributed by atoms with E-state index in [-0.39, 0.29) is 23.9 Å². The third-order valence-corrected chi connectivity index (χ3v) is 8.10. The molecule has 2 N–H and O–H groups in total. The van der Waals surface area contributed by atoms with Gasteiger partial charge in [-0.15, -0.1) is 0 Å². The van der Waals surface area contributed by atoms with Crippen LogP contribution in [-0.4, -0.2) is 37.3 Å². The maximum Gasteiger partial charge on any atom is 0.338 e. The molecule has 7 nitrogen and oxygen atoms in total. The van der Waals surface area contributed by atoms with Crippen molar-refractivity contribution in [3.05, 3.63) is 44.1 Å². The van der Waals surface area contributed by atoms with Crippen LogP contribution in [0.4, 0.5) is 0 Å². The van der Waals surface area contributed by atoms with Crippen LogP contribution in [0.1, 0.15) is 10.4 Å². The number of esters is 1.